The molecule has 1 aliphatic heterocycles. The molecule has 6 heteroatoms. The Morgan fingerprint density at radius 3 is 2.65 bits per heavy atom. The predicted octanol–water partition coefficient (Wildman–Crippen LogP) is 2.17. The SMILES string of the molecule is CCN1CCC(CNc2cnn(CC)c(=O)c2Br)CC1. The van der Waals surface area contributed by atoms with Gasteiger partial charge in [0.15, 0.2) is 0 Å². The van der Waals surface area contributed by atoms with E-state index in [1.807, 2.05) is 6.92 Å². The van der Waals surface area contributed by atoms with Gasteiger partial charge in [0.2, 0.25) is 0 Å². The molecule has 0 unspecified atom stereocenters. The van der Waals surface area contributed by atoms with Crippen molar-refractivity contribution in [2.45, 2.75) is 33.2 Å². The van der Waals surface area contributed by atoms with E-state index in [2.05, 4.69) is 38.2 Å². The molecule has 0 amide bonds. The first-order valence-electron chi connectivity index (χ1n) is 7.37. The Labute approximate surface area is 128 Å². The van der Waals surface area contributed by atoms with Crippen LogP contribution in [-0.4, -0.2) is 40.9 Å². The van der Waals surface area contributed by atoms with Crippen LogP contribution in [0.25, 0.3) is 0 Å². The zero-order valence-corrected chi connectivity index (χ0v) is 13.8. The van der Waals surface area contributed by atoms with E-state index in [9.17, 15) is 4.79 Å². The highest BCUT2D eigenvalue weighted by molar-refractivity contribution is 9.10. The van der Waals surface area contributed by atoms with Gasteiger partial charge in [0.25, 0.3) is 5.56 Å². The van der Waals surface area contributed by atoms with Crippen LogP contribution in [0.2, 0.25) is 0 Å². The van der Waals surface area contributed by atoms with Crippen LogP contribution < -0.4 is 10.9 Å². The number of piperidine rings is 1. The molecule has 1 N–H and O–H groups in total. The maximum atomic E-state index is 12.0. The lowest BCUT2D eigenvalue weighted by Crippen LogP contribution is -2.35. The van der Waals surface area contributed by atoms with Crippen molar-refractivity contribution in [1.82, 2.24) is 14.7 Å². The van der Waals surface area contributed by atoms with Crippen molar-refractivity contribution in [3.05, 3.63) is 21.0 Å². The van der Waals surface area contributed by atoms with Crippen LogP contribution in [0.3, 0.4) is 0 Å². The summed E-state index contributed by atoms with van der Waals surface area (Å²) < 4.78 is 2.04. The number of halogens is 1. The predicted molar refractivity (Wildman–Crippen MR) is 85.2 cm³/mol. The molecule has 1 aromatic rings. The Morgan fingerprint density at radius 1 is 1.35 bits per heavy atom. The van der Waals surface area contributed by atoms with Gasteiger partial charge in [0.05, 0.1) is 11.9 Å². The summed E-state index contributed by atoms with van der Waals surface area (Å²) in [4.78, 5) is 14.4. The quantitative estimate of drug-likeness (QED) is 0.890. The molecule has 0 spiro atoms. The minimum Gasteiger partial charge on any atom is -0.382 e. The van der Waals surface area contributed by atoms with Gasteiger partial charge in [-0.25, -0.2) is 4.68 Å². The molecule has 20 heavy (non-hydrogen) atoms. The highest BCUT2D eigenvalue weighted by Crippen LogP contribution is 2.20. The van der Waals surface area contributed by atoms with Crippen LogP contribution in [0.15, 0.2) is 15.5 Å². The van der Waals surface area contributed by atoms with Gasteiger partial charge in [0, 0.05) is 13.1 Å². The first-order chi connectivity index (χ1) is 9.65. The molecule has 0 radical (unpaired) electrons. The average Bonchev–Trinajstić information content (AvgIpc) is 2.49. The second-order valence-electron chi connectivity index (χ2n) is 5.25. The van der Waals surface area contributed by atoms with E-state index in [1.54, 1.807) is 6.20 Å². The zero-order valence-electron chi connectivity index (χ0n) is 12.2. The third-order valence-electron chi connectivity index (χ3n) is 4.02. The minimum atomic E-state index is -0.0710. The molecule has 0 aromatic carbocycles. The summed E-state index contributed by atoms with van der Waals surface area (Å²) in [6.07, 6.45) is 4.17. The Hall–Kier alpha value is -0.880. The standard InChI is InChI=1S/C14H23BrN4O/c1-3-18-7-5-11(6-8-18)9-16-12-10-17-19(4-2)14(20)13(12)15/h10-11,16H,3-9H2,1-2H3. The van der Waals surface area contributed by atoms with Crippen LogP contribution >= 0.6 is 15.9 Å². The number of hydrogen-bond acceptors (Lipinski definition) is 4. The molecule has 0 bridgehead atoms. The first-order valence-corrected chi connectivity index (χ1v) is 8.16. The number of aryl methyl sites for hydroxylation is 1. The number of nitrogens with zero attached hydrogens (tertiary/aromatic N) is 3. The molecule has 112 valence electrons. The van der Waals surface area contributed by atoms with Crippen molar-refractivity contribution in [1.29, 1.82) is 0 Å². The fourth-order valence-corrected chi connectivity index (χ4v) is 3.02. The van der Waals surface area contributed by atoms with Gasteiger partial charge in [-0.15, -0.1) is 0 Å². The molecule has 5 nitrogen and oxygen atoms in total. The molecular formula is C14H23BrN4O. The van der Waals surface area contributed by atoms with E-state index >= 15 is 0 Å². The lowest BCUT2D eigenvalue weighted by Gasteiger charge is -2.31. The minimum absolute atomic E-state index is 0.0710. The van der Waals surface area contributed by atoms with Crippen molar-refractivity contribution in [3.63, 3.8) is 0 Å². The maximum Gasteiger partial charge on any atom is 0.283 e. The lowest BCUT2D eigenvalue weighted by atomic mass is 9.97. The van der Waals surface area contributed by atoms with Gasteiger partial charge in [0.1, 0.15) is 4.47 Å². The normalized spacial score (nSPS) is 17.4. The third-order valence-corrected chi connectivity index (χ3v) is 4.79. The summed E-state index contributed by atoms with van der Waals surface area (Å²) in [5.74, 6) is 0.679. The molecule has 1 aliphatic rings. The molecule has 0 saturated carbocycles. The summed E-state index contributed by atoms with van der Waals surface area (Å²) >= 11 is 3.37. The fourth-order valence-electron chi connectivity index (χ4n) is 2.57. The van der Waals surface area contributed by atoms with Crippen LogP contribution in [0.1, 0.15) is 26.7 Å². The van der Waals surface area contributed by atoms with E-state index in [-0.39, 0.29) is 5.56 Å². The van der Waals surface area contributed by atoms with Crippen LogP contribution in [-0.2, 0) is 6.54 Å². The van der Waals surface area contributed by atoms with E-state index < -0.39 is 0 Å². The van der Waals surface area contributed by atoms with E-state index in [0.29, 0.717) is 16.9 Å². The molecule has 2 rings (SSSR count). The summed E-state index contributed by atoms with van der Waals surface area (Å²) in [6, 6.07) is 0. The molecule has 0 aliphatic carbocycles. The van der Waals surface area contributed by atoms with E-state index in [4.69, 9.17) is 0 Å². The molecule has 1 fully saturated rings. The third kappa shape index (κ3) is 3.61. The number of likely N-dealkylation sites (tertiary alicyclic amines) is 1. The average molecular weight is 343 g/mol. The fraction of sp³-hybridized carbons (Fsp3) is 0.714. The zero-order chi connectivity index (χ0) is 14.5. The van der Waals surface area contributed by atoms with Gasteiger partial charge in [-0.3, -0.25) is 4.79 Å². The molecule has 1 saturated heterocycles. The van der Waals surface area contributed by atoms with Crippen molar-refractivity contribution in [2.75, 3.05) is 31.5 Å². The summed E-state index contributed by atoms with van der Waals surface area (Å²) in [5, 5.41) is 7.52. The van der Waals surface area contributed by atoms with Gasteiger partial charge in [-0.05, 0) is 61.2 Å². The number of hydrogen-bond donors (Lipinski definition) is 1. The van der Waals surface area contributed by atoms with Crippen molar-refractivity contribution in [3.8, 4) is 0 Å². The van der Waals surface area contributed by atoms with Crippen molar-refractivity contribution in [2.24, 2.45) is 5.92 Å². The largest absolute Gasteiger partial charge is 0.382 e. The first kappa shape index (κ1) is 15.5. The smallest absolute Gasteiger partial charge is 0.283 e. The summed E-state index contributed by atoms with van der Waals surface area (Å²) in [6.45, 7) is 9.13. The van der Waals surface area contributed by atoms with Crippen molar-refractivity contribution >= 4 is 21.6 Å². The highest BCUT2D eigenvalue weighted by atomic mass is 79.9. The van der Waals surface area contributed by atoms with Gasteiger partial charge < -0.3 is 10.2 Å². The highest BCUT2D eigenvalue weighted by Gasteiger charge is 2.18. The van der Waals surface area contributed by atoms with Crippen LogP contribution in [0, 0.1) is 5.92 Å². The summed E-state index contributed by atoms with van der Waals surface area (Å²) in [7, 11) is 0. The monoisotopic (exact) mass is 342 g/mol. The van der Waals surface area contributed by atoms with Gasteiger partial charge in [-0.2, -0.15) is 5.10 Å². The number of nitrogens with one attached hydrogen (secondary N) is 1. The van der Waals surface area contributed by atoms with Gasteiger partial charge >= 0.3 is 0 Å². The Balaban J connectivity index is 1.92. The number of aromatic nitrogens is 2. The Bertz CT molecular complexity index is 494. The lowest BCUT2D eigenvalue weighted by molar-refractivity contribution is 0.198. The molecule has 1 aromatic heterocycles. The molecule has 0 atom stereocenters. The topological polar surface area (TPSA) is 50.2 Å². The second kappa shape index (κ2) is 7.22. The van der Waals surface area contributed by atoms with E-state index in [1.165, 1.54) is 30.6 Å². The Kier molecular flexibility index (Phi) is 5.60. The molecular weight excluding hydrogens is 320 g/mol. The van der Waals surface area contributed by atoms with Crippen molar-refractivity contribution < 1.29 is 0 Å². The maximum absolute atomic E-state index is 12.0. The van der Waals surface area contributed by atoms with Gasteiger partial charge in [-0.1, -0.05) is 6.92 Å². The van der Waals surface area contributed by atoms with E-state index in [0.717, 1.165) is 18.8 Å². The Morgan fingerprint density at radius 2 is 2.05 bits per heavy atom. The van der Waals surface area contributed by atoms with Crippen LogP contribution in [0.4, 0.5) is 5.69 Å². The van der Waals surface area contributed by atoms with Crippen LogP contribution in [0.5, 0.6) is 0 Å². The summed E-state index contributed by atoms with van der Waals surface area (Å²) in [5.41, 5.74) is 0.732. The number of anilines is 1. The second-order valence-corrected chi connectivity index (χ2v) is 6.04. The molecule has 2 heterocycles. The number of rotatable bonds is 5.